The summed E-state index contributed by atoms with van der Waals surface area (Å²) in [4.78, 5) is 0. The summed E-state index contributed by atoms with van der Waals surface area (Å²) in [5.74, 6) is -5.98. The maximum absolute atomic E-state index is 14.8. The molecule has 2 aromatic rings. The van der Waals surface area contributed by atoms with E-state index in [4.69, 9.17) is 0 Å². The number of hydrogen-bond acceptors (Lipinski definition) is 1. The molecule has 170 valence electrons. The largest absolute Gasteiger partial charge is 0.573 e. The fourth-order valence-corrected chi connectivity index (χ4v) is 4.37. The van der Waals surface area contributed by atoms with Crippen molar-refractivity contribution in [3.8, 4) is 5.75 Å². The number of alkyl halides is 5. The Balaban J connectivity index is 1.59. The van der Waals surface area contributed by atoms with Gasteiger partial charge in [0.15, 0.2) is 11.6 Å². The Kier molecular flexibility index (Phi) is 7.22. The molecule has 0 heterocycles. The molecule has 0 N–H and O–H groups in total. The molecule has 0 spiro atoms. The first-order valence-electron chi connectivity index (χ1n) is 10.6. The Hall–Kier alpha value is -2.18. The van der Waals surface area contributed by atoms with Crippen molar-refractivity contribution < 1.29 is 31.1 Å². The molecule has 0 bridgehead atoms. The number of aryl methyl sites for hydroxylation is 1. The lowest BCUT2D eigenvalue weighted by Gasteiger charge is -2.34. The van der Waals surface area contributed by atoms with Crippen LogP contribution in [0, 0.1) is 11.7 Å². The molecule has 0 unspecified atom stereocenters. The van der Waals surface area contributed by atoms with E-state index >= 15 is 0 Å². The first-order chi connectivity index (χ1) is 14.6. The molecule has 2 aromatic carbocycles. The summed E-state index contributed by atoms with van der Waals surface area (Å²) in [6.07, 6.45) is -1.65. The van der Waals surface area contributed by atoms with Crippen molar-refractivity contribution in [2.45, 2.75) is 70.1 Å². The number of hydrogen-bond donors (Lipinski definition) is 0. The Bertz CT molecular complexity index is 851. The van der Waals surface area contributed by atoms with E-state index < -0.39 is 36.2 Å². The first-order valence-corrected chi connectivity index (χ1v) is 10.6. The summed E-state index contributed by atoms with van der Waals surface area (Å²) >= 11 is 0. The monoisotopic (exact) mass is 444 g/mol. The van der Waals surface area contributed by atoms with Crippen molar-refractivity contribution in [3.05, 3.63) is 65.0 Å². The van der Waals surface area contributed by atoms with E-state index in [-0.39, 0.29) is 11.5 Å². The fraction of sp³-hybridized carbons (Fsp3) is 0.500. The lowest BCUT2D eigenvalue weighted by Crippen LogP contribution is -2.33. The van der Waals surface area contributed by atoms with Gasteiger partial charge in [0.1, 0.15) is 0 Å². The van der Waals surface area contributed by atoms with Gasteiger partial charge in [-0.3, -0.25) is 0 Å². The minimum Gasteiger partial charge on any atom is -0.403 e. The summed E-state index contributed by atoms with van der Waals surface area (Å²) in [6, 6.07) is 10.9. The van der Waals surface area contributed by atoms with Crippen molar-refractivity contribution in [3.63, 3.8) is 0 Å². The van der Waals surface area contributed by atoms with Gasteiger partial charge in [-0.25, -0.2) is 13.2 Å². The van der Waals surface area contributed by atoms with E-state index in [1.807, 2.05) is 0 Å². The van der Waals surface area contributed by atoms with Gasteiger partial charge in [0.25, 0.3) is 5.92 Å². The Labute approximate surface area is 178 Å². The minimum atomic E-state index is -5.04. The second-order valence-corrected chi connectivity index (χ2v) is 8.29. The third-order valence-electron chi connectivity index (χ3n) is 5.98. The summed E-state index contributed by atoms with van der Waals surface area (Å²) in [7, 11) is 0. The van der Waals surface area contributed by atoms with Gasteiger partial charge in [-0.05, 0) is 66.8 Å². The van der Waals surface area contributed by atoms with Gasteiger partial charge >= 0.3 is 6.36 Å². The van der Waals surface area contributed by atoms with Gasteiger partial charge in [0, 0.05) is 12.3 Å². The van der Waals surface area contributed by atoms with Gasteiger partial charge in [0.05, 0.1) is 0 Å². The predicted octanol–water partition coefficient (Wildman–Crippen LogP) is 7.83. The first kappa shape index (κ1) is 23.5. The van der Waals surface area contributed by atoms with Crippen LogP contribution in [0.1, 0.15) is 61.6 Å². The standard InChI is InChI=1S/C24H26F6O/c1-2-3-16-4-7-18(8-5-16)19-9-11-20(12-10-19)23(26,27)15-17-6-13-22(21(25)14-17)31-24(28,29)30/h4-8,13-14,19-20H,2-3,9-12,15H2,1H3. The highest BCUT2D eigenvalue weighted by Gasteiger charge is 2.41. The quantitative estimate of drug-likeness (QED) is 0.396. The van der Waals surface area contributed by atoms with Crippen LogP contribution >= 0.6 is 0 Å². The van der Waals surface area contributed by atoms with Crippen molar-refractivity contribution in [1.82, 2.24) is 0 Å². The highest BCUT2D eigenvalue weighted by Crippen LogP contribution is 2.44. The maximum Gasteiger partial charge on any atom is 0.573 e. The van der Waals surface area contributed by atoms with Gasteiger partial charge < -0.3 is 4.74 Å². The lowest BCUT2D eigenvalue weighted by atomic mass is 9.75. The van der Waals surface area contributed by atoms with E-state index in [0.717, 1.165) is 25.0 Å². The fourth-order valence-electron chi connectivity index (χ4n) is 4.37. The second kappa shape index (κ2) is 9.53. The number of rotatable bonds is 7. The number of ether oxygens (including phenoxy) is 1. The highest BCUT2D eigenvalue weighted by molar-refractivity contribution is 5.30. The molecule has 1 aliphatic carbocycles. The molecule has 1 aliphatic rings. The summed E-state index contributed by atoms with van der Waals surface area (Å²) in [6.45, 7) is 2.12. The van der Waals surface area contributed by atoms with Crippen LogP contribution in [0.3, 0.4) is 0 Å². The van der Waals surface area contributed by atoms with E-state index in [0.29, 0.717) is 31.7 Å². The zero-order chi connectivity index (χ0) is 22.6. The summed E-state index contributed by atoms with van der Waals surface area (Å²) < 4.78 is 83.8. The highest BCUT2D eigenvalue weighted by atomic mass is 19.4. The van der Waals surface area contributed by atoms with Crippen molar-refractivity contribution in [2.75, 3.05) is 0 Å². The van der Waals surface area contributed by atoms with E-state index in [1.165, 1.54) is 11.1 Å². The van der Waals surface area contributed by atoms with Crippen LogP contribution in [-0.2, 0) is 12.8 Å². The van der Waals surface area contributed by atoms with Gasteiger partial charge in [-0.15, -0.1) is 13.2 Å². The van der Waals surface area contributed by atoms with Crippen LogP contribution < -0.4 is 4.74 Å². The third kappa shape index (κ3) is 6.40. The Morgan fingerprint density at radius 3 is 2.03 bits per heavy atom. The maximum atomic E-state index is 14.8. The predicted molar refractivity (Wildman–Crippen MR) is 107 cm³/mol. The zero-order valence-corrected chi connectivity index (χ0v) is 17.3. The zero-order valence-electron chi connectivity index (χ0n) is 17.3. The van der Waals surface area contributed by atoms with Crippen LogP contribution in [0.25, 0.3) is 0 Å². The molecule has 31 heavy (non-hydrogen) atoms. The molecule has 0 aliphatic heterocycles. The lowest BCUT2D eigenvalue weighted by molar-refractivity contribution is -0.275. The summed E-state index contributed by atoms with van der Waals surface area (Å²) in [5, 5.41) is 0. The second-order valence-electron chi connectivity index (χ2n) is 8.29. The molecular weight excluding hydrogens is 418 g/mol. The Morgan fingerprint density at radius 1 is 0.871 bits per heavy atom. The van der Waals surface area contributed by atoms with Crippen LogP contribution in [0.5, 0.6) is 5.75 Å². The molecule has 1 nitrogen and oxygen atoms in total. The van der Waals surface area contributed by atoms with Gasteiger partial charge in [0.2, 0.25) is 0 Å². The van der Waals surface area contributed by atoms with Gasteiger partial charge in [-0.2, -0.15) is 0 Å². The SMILES string of the molecule is CCCc1ccc(C2CCC(C(F)(F)Cc3ccc(OC(F)(F)F)c(F)c3)CC2)cc1. The average Bonchev–Trinajstić information content (AvgIpc) is 2.70. The van der Waals surface area contributed by atoms with Crippen LogP contribution in [0.4, 0.5) is 26.3 Å². The molecule has 0 radical (unpaired) electrons. The van der Waals surface area contributed by atoms with Crippen molar-refractivity contribution in [2.24, 2.45) is 5.92 Å². The molecule has 1 fully saturated rings. The molecule has 0 saturated heterocycles. The molecule has 3 rings (SSSR count). The van der Waals surface area contributed by atoms with E-state index in [2.05, 4.69) is 35.9 Å². The molecular formula is C24H26F6O. The Morgan fingerprint density at radius 2 is 1.48 bits per heavy atom. The van der Waals surface area contributed by atoms with E-state index in [9.17, 15) is 26.3 Å². The average molecular weight is 444 g/mol. The third-order valence-corrected chi connectivity index (χ3v) is 5.98. The molecule has 1 saturated carbocycles. The summed E-state index contributed by atoms with van der Waals surface area (Å²) in [5.41, 5.74) is 2.39. The number of halogens is 6. The smallest absolute Gasteiger partial charge is 0.403 e. The van der Waals surface area contributed by atoms with Crippen molar-refractivity contribution in [1.29, 1.82) is 0 Å². The molecule has 7 heteroatoms. The van der Waals surface area contributed by atoms with E-state index in [1.54, 1.807) is 0 Å². The van der Waals surface area contributed by atoms with Crippen LogP contribution in [0.2, 0.25) is 0 Å². The molecule has 0 amide bonds. The molecule has 0 aromatic heterocycles. The minimum absolute atomic E-state index is 0.0503. The van der Waals surface area contributed by atoms with Crippen LogP contribution in [0.15, 0.2) is 42.5 Å². The molecule has 0 atom stereocenters. The van der Waals surface area contributed by atoms with Gasteiger partial charge in [-0.1, -0.05) is 43.7 Å². The van der Waals surface area contributed by atoms with Crippen molar-refractivity contribution >= 4 is 0 Å². The number of benzene rings is 2. The normalized spacial score (nSPS) is 20.0. The topological polar surface area (TPSA) is 9.23 Å². The van der Waals surface area contributed by atoms with Crippen LogP contribution in [-0.4, -0.2) is 12.3 Å².